The molecule has 2 aromatic rings. The van der Waals surface area contributed by atoms with Crippen LogP contribution < -0.4 is 10.0 Å². The van der Waals surface area contributed by atoms with E-state index in [0.717, 1.165) is 30.6 Å². The number of aromatic nitrogens is 2. The molecule has 0 bridgehead atoms. The van der Waals surface area contributed by atoms with Crippen molar-refractivity contribution in [1.82, 2.24) is 14.7 Å². The van der Waals surface area contributed by atoms with Crippen LogP contribution in [0.3, 0.4) is 0 Å². The Labute approximate surface area is 124 Å². The molecule has 0 radical (unpaired) electrons. The van der Waals surface area contributed by atoms with Crippen molar-refractivity contribution in [2.45, 2.75) is 31.3 Å². The fourth-order valence-electron chi connectivity index (χ4n) is 2.51. The smallest absolute Gasteiger partial charge is 0.257 e. The predicted octanol–water partition coefficient (Wildman–Crippen LogP) is 1.55. The van der Waals surface area contributed by atoms with E-state index in [-0.39, 0.29) is 11.6 Å². The number of fused-ring (bicyclic) bond motifs is 1. The maximum Gasteiger partial charge on any atom is 0.257 e. The van der Waals surface area contributed by atoms with Gasteiger partial charge in [-0.15, -0.1) is 0 Å². The van der Waals surface area contributed by atoms with E-state index in [2.05, 4.69) is 26.1 Å². The molecule has 0 saturated carbocycles. The average molecular weight is 306 g/mol. The van der Waals surface area contributed by atoms with Gasteiger partial charge in [-0.05, 0) is 30.9 Å². The van der Waals surface area contributed by atoms with Crippen LogP contribution in [0.15, 0.2) is 29.4 Å². The van der Waals surface area contributed by atoms with E-state index >= 15 is 0 Å². The summed E-state index contributed by atoms with van der Waals surface area (Å²) in [6, 6.07) is 5.99. The zero-order chi connectivity index (χ0) is 14.9. The molecule has 1 aromatic heterocycles. The third-order valence-electron chi connectivity index (χ3n) is 3.58. The van der Waals surface area contributed by atoms with E-state index in [1.807, 2.05) is 12.1 Å². The number of para-hydroxylation sites is 1. The zero-order valence-electron chi connectivity index (χ0n) is 11.8. The van der Waals surface area contributed by atoms with Gasteiger partial charge in [-0.1, -0.05) is 18.2 Å². The summed E-state index contributed by atoms with van der Waals surface area (Å²) in [6.45, 7) is 2.91. The van der Waals surface area contributed by atoms with E-state index in [1.165, 1.54) is 11.8 Å². The molecule has 0 aliphatic carbocycles. The summed E-state index contributed by atoms with van der Waals surface area (Å²) in [7, 11) is -3.56. The molecule has 2 heterocycles. The molecule has 112 valence electrons. The second kappa shape index (κ2) is 5.50. The van der Waals surface area contributed by atoms with Gasteiger partial charge in [-0.3, -0.25) is 0 Å². The first kappa shape index (κ1) is 14.1. The highest BCUT2D eigenvalue weighted by molar-refractivity contribution is 7.89. The van der Waals surface area contributed by atoms with E-state index in [9.17, 15) is 8.42 Å². The minimum absolute atomic E-state index is 0.0951. The quantitative estimate of drug-likeness (QED) is 0.800. The van der Waals surface area contributed by atoms with Crippen LogP contribution >= 0.6 is 0 Å². The predicted molar refractivity (Wildman–Crippen MR) is 80.6 cm³/mol. The van der Waals surface area contributed by atoms with E-state index < -0.39 is 10.0 Å². The van der Waals surface area contributed by atoms with Gasteiger partial charge in [0.2, 0.25) is 0 Å². The summed E-state index contributed by atoms with van der Waals surface area (Å²) in [5.74, 6) is 0.578. The Kier molecular flexibility index (Phi) is 3.69. The third kappa shape index (κ3) is 2.93. The number of nitrogens with zero attached hydrogens (tertiary/aromatic N) is 1. The molecule has 0 spiro atoms. The minimum atomic E-state index is -3.56. The Morgan fingerprint density at radius 2 is 2.24 bits per heavy atom. The van der Waals surface area contributed by atoms with Crippen LogP contribution in [0.1, 0.15) is 23.4 Å². The number of sulfonamides is 1. The summed E-state index contributed by atoms with van der Waals surface area (Å²) < 4.78 is 27.0. The van der Waals surface area contributed by atoms with Gasteiger partial charge in [0.15, 0.2) is 5.03 Å². The number of aryl methyl sites for hydroxylation is 2. The number of aromatic amines is 1. The molecule has 0 unspecified atom stereocenters. The molecule has 1 aliphatic heterocycles. The molecule has 21 heavy (non-hydrogen) atoms. The maximum absolute atomic E-state index is 12.2. The first-order valence-electron chi connectivity index (χ1n) is 6.92. The molecule has 1 aromatic carbocycles. The number of anilines is 1. The number of hydrogen-bond acceptors (Lipinski definition) is 4. The Balaban J connectivity index is 1.79. The Hall–Kier alpha value is -1.86. The molecule has 0 saturated heterocycles. The topological polar surface area (TPSA) is 86.9 Å². The van der Waals surface area contributed by atoms with Crippen molar-refractivity contribution in [3.05, 3.63) is 41.3 Å². The number of H-pyrrole nitrogens is 1. The SMILES string of the molecule is Cc1ncc(S(=O)(=O)NCc2cccc3c2NCCC3)[nH]1. The van der Waals surface area contributed by atoms with Crippen LogP contribution in [0.2, 0.25) is 0 Å². The van der Waals surface area contributed by atoms with Gasteiger partial charge in [-0.25, -0.2) is 18.1 Å². The molecule has 6 nitrogen and oxygen atoms in total. The second-order valence-corrected chi connectivity index (χ2v) is 6.87. The number of benzene rings is 1. The summed E-state index contributed by atoms with van der Waals surface area (Å²) in [4.78, 5) is 6.66. The lowest BCUT2D eigenvalue weighted by Gasteiger charge is -2.21. The highest BCUT2D eigenvalue weighted by Gasteiger charge is 2.18. The second-order valence-electron chi connectivity index (χ2n) is 5.14. The van der Waals surface area contributed by atoms with E-state index in [4.69, 9.17) is 0 Å². The molecular formula is C14H18N4O2S. The van der Waals surface area contributed by atoms with Gasteiger partial charge < -0.3 is 10.3 Å². The van der Waals surface area contributed by atoms with Crippen molar-refractivity contribution >= 4 is 15.7 Å². The molecule has 3 N–H and O–H groups in total. The molecule has 0 amide bonds. The lowest BCUT2D eigenvalue weighted by atomic mass is 9.99. The zero-order valence-corrected chi connectivity index (χ0v) is 12.6. The monoisotopic (exact) mass is 306 g/mol. The third-order valence-corrected chi connectivity index (χ3v) is 4.89. The molecule has 7 heteroatoms. The highest BCUT2D eigenvalue weighted by Crippen LogP contribution is 2.26. The van der Waals surface area contributed by atoms with E-state index in [1.54, 1.807) is 6.92 Å². The van der Waals surface area contributed by atoms with Gasteiger partial charge in [0.1, 0.15) is 5.82 Å². The van der Waals surface area contributed by atoms with Crippen molar-refractivity contribution in [1.29, 1.82) is 0 Å². The number of nitrogens with one attached hydrogen (secondary N) is 3. The Morgan fingerprint density at radius 1 is 1.38 bits per heavy atom. The molecular weight excluding hydrogens is 288 g/mol. The highest BCUT2D eigenvalue weighted by atomic mass is 32.2. The average Bonchev–Trinajstić information content (AvgIpc) is 2.93. The molecule has 1 aliphatic rings. The van der Waals surface area contributed by atoms with Gasteiger partial charge in [0.25, 0.3) is 10.0 Å². The van der Waals surface area contributed by atoms with Crippen molar-refractivity contribution in [2.75, 3.05) is 11.9 Å². The normalized spacial score (nSPS) is 14.5. The lowest BCUT2D eigenvalue weighted by molar-refractivity contribution is 0.578. The maximum atomic E-state index is 12.2. The van der Waals surface area contributed by atoms with Gasteiger partial charge in [0.05, 0.1) is 6.20 Å². The van der Waals surface area contributed by atoms with Crippen molar-refractivity contribution in [3.63, 3.8) is 0 Å². The van der Waals surface area contributed by atoms with Crippen LogP contribution in [0.25, 0.3) is 0 Å². The first-order chi connectivity index (χ1) is 10.1. The largest absolute Gasteiger partial charge is 0.385 e. The Bertz CT molecular complexity index is 752. The number of rotatable bonds is 4. The molecule has 0 atom stereocenters. The summed E-state index contributed by atoms with van der Waals surface area (Å²) >= 11 is 0. The number of hydrogen-bond donors (Lipinski definition) is 3. The van der Waals surface area contributed by atoms with Gasteiger partial charge in [0, 0.05) is 18.8 Å². The van der Waals surface area contributed by atoms with Crippen LogP contribution in [-0.2, 0) is 23.0 Å². The number of imidazole rings is 1. The van der Waals surface area contributed by atoms with Gasteiger partial charge >= 0.3 is 0 Å². The standard InChI is InChI=1S/C14H18N4O2S/c1-10-16-9-13(18-10)21(19,20)17-8-12-5-2-4-11-6-3-7-15-14(11)12/h2,4-5,9,15,17H,3,6-8H2,1H3,(H,16,18). The van der Waals surface area contributed by atoms with E-state index in [0.29, 0.717) is 5.82 Å². The molecule has 3 rings (SSSR count). The fourth-order valence-corrected chi connectivity index (χ4v) is 3.49. The fraction of sp³-hybridized carbons (Fsp3) is 0.357. The Morgan fingerprint density at radius 3 is 3.00 bits per heavy atom. The van der Waals surface area contributed by atoms with Crippen LogP contribution in [-0.4, -0.2) is 24.9 Å². The summed E-state index contributed by atoms with van der Waals surface area (Å²) in [6.07, 6.45) is 3.47. The first-order valence-corrected chi connectivity index (χ1v) is 8.40. The van der Waals surface area contributed by atoms with Crippen molar-refractivity contribution in [3.8, 4) is 0 Å². The summed E-state index contributed by atoms with van der Waals surface area (Å²) in [5.41, 5.74) is 3.27. The van der Waals surface area contributed by atoms with Crippen LogP contribution in [0, 0.1) is 6.92 Å². The van der Waals surface area contributed by atoms with Crippen molar-refractivity contribution < 1.29 is 8.42 Å². The minimum Gasteiger partial charge on any atom is -0.385 e. The van der Waals surface area contributed by atoms with Crippen LogP contribution in [0.5, 0.6) is 0 Å². The lowest BCUT2D eigenvalue weighted by Crippen LogP contribution is -2.25. The molecule has 0 fully saturated rings. The van der Waals surface area contributed by atoms with Crippen molar-refractivity contribution in [2.24, 2.45) is 0 Å². The summed E-state index contributed by atoms with van der Waals surface area (Å²) in [5, 5.41) is 3.45. The van der Waals surface area contributed by atoms with Gasteiger partial charge in [-0.2, -0.15) is 0 Å². The van der Waals surface area contributed by atoms with Crippen LogP contribution in [0.4, 0.5) is 5.69 Å².